The number of benzene rings is 1. The Kier molecular flexibility index (Phi) is 6.35. The third-order valence-corrected chi connectivity index (χ3v) is 8.01. The van der Waals surface area contributed by atoms with Gasteiger partial charge in [0.05, 0.1) is 34.9 Å². The van der Waals surface area contributed by atoms with E-state index in [9.17, 15) is 13.2 Å². The normalized spacial score (nSPS) is 14.5. The lowest BCUT2D eigenvalue weighted by atomic mass is 9.93. The molecule has 1 fully saturated rings. The molecule has 32 heavy (non-hydrogen) atoms. The van der Waals surface area contributed by atoms with Crippen molar-refractivity contribution in [2.75, 3.05) is 4.72 Å². The Balaban J connectivity index is 1.43. The van der Waals surface area contributed by atoms with Crippen molar-refractivity contribution in [3.8, 4) is 23.6 Å². The van der Waals surface area contributed by atoms with Gasteiger partial charge in [-0.05, 0) is 30.7 Å². The minimum atomic E-state index is -3.37. The second-order valence-corrected chi connectivity index (χ2v) is 10.5. The summed E-state index contributed by atoms with van der Waals surface area (Å²) < 4.78 is 26.8. The summed E-state index contributed by atoms with van der Waals surface area (Å²) in [7, 11) is -3.37. The second kappa shape index (κ2) is 9.18. The van der Waals surface area contributed by atoms with Gasteiger partial charge in [-0.15, -0.1) is 17.8 Å². The first kappa shape index (κ1) is 22.1. The van der Waals surface area contributed by atoms with Crippen molar-refractivity contribution in [2.45, 2.75) is 43.8 Å². The standard InChI is InChI=1S/C23H22N4O3S2/c1-3-17-12-24-13-20(25-17)16-7-5-15(6-8-16)11-22(28)19(4-2)21-14-31-23(26-21)27-32(29,30)18-9-10-18/h1,5-8,12-14,18-19H,4,9-11H2,2H3,(H,26,27). The smallest absolute Gasteiger partial charge is 0.237 e. The predicted octanol–water partition coefficient (Wildman–Crippen LogP) is 3.79. The lowest BCUT2D eigenvalue weighted by molar-refractivity contribution is -0.120. The van der Waals surface area contributed by atoms with Crippen molar-refractivity contribution in [1.82, 2.24) is 15.0 Å². The first-order valence-corrected chi connectivity index (χ1v) is 12.7. The molecule has 164 valence electrons. The van der Waals surface area contributed by atoms with E-state index in [4.69, 9.17) is 6.42 Å². The highest BCUT2D eigenvalue weighted by Gasteiger charge is 2.36. The van der Waals surface area contributed by atoms with Gasteiger partial charge in [0.15, 0.2) is 5.13 Å². The Morgan fingerprint density at radius 3 is 2.66 bits per heavy atom. The number of ketones is 1. The van der Waals surface area contributed by atoms with E-state index in [2.05, 4.69) is 25.6 Å². The highest BCUT2D eigenvalue weighted by molar-refractivity contribution is 7.93. The number of nitrogens with one attached hydrogen (secondary N) is 1. The fourth-order valence-electron chi connectivity index (χ4n) is 3.37. The van der Waals surface area contributed by atoms with Gasteiger partial charge in [0.2, 0.25) is 10.0 Å². The van der Waals surface area contributed by atoms with Crippen molar-refractivity contribution in [2.24, 2.45) is 0 Å². The Bertz CT molecular complexity index is 1270. The Morgan fingerprint density at radius 1 is 1.25 bits per heavy atom. The zero-order chi connectivity index (χ0) is 22.7. The van der Waals surface area contributed by atoms with E-state index >= 15 is 0 Å². The average molecular weight is 467 g/mol. The Hall–Kier alpha value is -3.09. The predicted molar refractivity (Wildman–Crippen MR) is 125 cm³/mol. The lowest BCUT2D eigenvalue weighted by Crippen LogP contribution is -2.18. The zero-order valence-electron chi connectivity index (χ0n) is 17.5. The van der Waals surface area contributed by atoms with Crippen LogP contribution in [0, 0.1) is 12.3 Å². The van der Waals surface area contributed by atoms with E-state index < -0.39 is 10.0 Å². The molecule has 1 atom stereocenters. The molecule has 2 heterocycles. The summed E-state index contributed by atoms with van der Waals surface area (Å²) in [5.41, 5.74) is 3.49. The molecule has 0 aliphatic heterocycles. The molecule has 9 heteroatoms. The van der Waals surface area contributed by atoms with E-state index in [1.807, 2.05) is 31.2 Å². The Morgan fingerprint density at radius 2 is 2.00 bits per heavy atom. The van der Waals surface area contributed by atoms with Crippen LogP contribution in [0.4, 0.5) is 5.13 Å². The third-order valence-electron chi connectivity index (χ3n) is 5.28. The molecular formula is C23H22N4O3S2. The first-order valence-electron chi connectivity index (χ1n) is 10.3. The number of carbonyl (C=O) groups excluding carboxylic acids is 1. The summed E-state index contributed by atoms with van der Waals surface area (Å²) in [6.45, 7) is 1.93. The molecule has 1 aliphatic rings. The van der Waals surface area contributed by atoms with Crippen LogP contribution in [0.25, 0.3) is 11.3 Å². The van der Waals surface area contributed by atoms with Gasteiger partial charge in [-0.1, -0.05) is 31.2 Å². The van der Waals surface area contributed by atoms with Crippen LogP contribution in [0.3, 0.4) is 0 Å². The maximum atomic E-state index is 13.0. The van der Waals surface area contributed by atoms with Crippen LogP contribution in [0.1, 0.15) is 49.1 Å². The molecule has 0 spiro atoms. The van der Waals surface area contributed by atoms with Gasteiger partial charge in [0.25, 0.3) is 0 Å². The first-order chi connectivity index (χ1) is 15.4. The molecule has 0 bridgehead atoms. The zero-order valence-corrected chi connectivity index (χ0v) is 19.1. The fourth-order valence-corrected chi connectivity index (χ4v) is 5.73. The summed E-state index contributed by atoms with van der Waals surface area (Å²) in [6.07, 6.45) is 10.8. The van der Waals surface area contributed by atoms with E-state index in [1.54, 1.807) is 11.6 Å². The minimum absolute atomic E-state index is 0.0382. The third kappa shape index (κ3) is 5.03. The highest BCUT2D eigenvalue weighted by Crippen LogP contribution is 2.32. The number of carbonyl (C=O) groups is 1. The maximum Gasteiger partial charge on any atom is 0.237 e. The number of nitrogens with zero attached hydrogens (tertiary/aromatic N) is 3. The quantitative estimate of drug-likeness (QED) is 0.482. The van der Waals surface area contributed by atoms with E-state index in [0.29, 0.717) is 41.5 Å². The van der Waals surface area contributed by atoms with Gasteiger partial charge in [-0.25, -0.2) is 18.4 Å². The van der Waals surface area contributed by atoms with Gasteiger partial charge in [0.1, 0.15) is 11.5 Å². The van der Waals surface area contributed by atoms with Gasteiger partial charge >= 0.3 is 0 Å². The molecular weight excluding hydrogens is 444 g/mol. The Labute approximate surface area is 191 Å². The number of thiazole rings is 1. The van der Waals surface area contributed by atoms with E-state index in [-0.39, 0.29) is 23.4 Å². The van der Waals surface area contributed by atoms with Crippen molar-refractivity contribution >= 4 is 32.3 Å². The maximum absolute atomic E-state index is 13.0. The number of rotatable bonds is 9. The van der Waals surface area contributed by atoms with Gasteiger partial charge in [-0.3, -0.25) is 14.5 Å². The van der Waals surface area contributed by atoms with Crippen molar-refractivity contribution in [3.05, 3.63) is 59.0 Å². The lowest BCUT2D eigenvalue weighted by Gasteiger charge is -2.12. The SMILES string of the molecule is C#Cc1cncc(-c2ccc(CC(=O)C(CC)c3csc(NS(=O)(=O)C4CC4)n3)cc2)n1. The summed E-state index contributed by atoms with van der Waals surface area (Å²) in [6, 6.07) is 7.56. The molecule has 0 radical (unpaired) electrons. The molecule has 7 nitrogen and oxygen atoms in total. The minimum Gasteiger partial charge on any atom is -0.299 e. The molecule has 3 aromatic rings. The second-order valence-electron chi connectivity index (χ2n) is 7.66. The highest BCUT2D eigenvalue weighted by atomic mass is 32.2. The average Bonchev–Trinajstić information content (AvgIpc) is 3.57. The van der Waals surface area contributed by atoms with Gasteiger partial charge in [0, 0.05) is 17.4 Å². The number of hydrogen-bond donors (Lipinski definition) is 1. The van der Waals surface area contributed by atoms with E-state index in [0.717, 1.165) is 11.1 Å². The number of terminal acetylenes is 1. The number of Topliss-reactive ketones (excluding diaryl/α,β-unsaturated/α-hetero) is 1. The van der Waals surface area contributed by atoms with Crippen LogP contribution in [-0.2, 0) is 21.2 Å². The van der Waals surface area contributed by atoms with Crippen LogP contribution in [-0.4, -0.2) is 34.4 Å². The van der Waals surface area contributed by atoms with Crippen molar-refractivity contribution < 1.29 is 13.2 Å². The summed E-state index contributed by atoms with van der Waals surface area (Å²) >= 11 is 1.21. The molecule has 4 rings (SSSR count). The van der Waals surface area contributed by atoms with Crippen molar-refractivity contribution in [1.29, 1.82) is 0 Å². The fraction of sp³-hybridized carbons (Fsp3) is 0.304. The van der Waals surface area contributed by atoms with Crippen LogP contribution >= 0.6 is 11.3 Å². The summed E-state index contributed by atoms with van der Waals surface area (Å²) in [5, 5.41) is 1.76. The number of aromatic nitrogens is 3. The van der Waals surface area contributed by atoms with E-state index in [1.165, 1.54) is 17.5 Å². The molecule has 1 aromatic carbocycles. The topological polar surface area (TPSA) is 102 Å². The monoisotopic (exact) mass is 466 g/mol. The van der Waals surface area contributed by atoms with Crippen LogP contribution in [0.2, 0.25) is 0 Å². The molecule has 0 saturated heterocycles. The summed E-state index contributed by atoms with van der Waals surface area (Å²) in [4.78, 5) is 25.8. The number of hydrogen-bond acceptors (Lipinski definition) is 7. The van der Waals surface area contributed by atoms with Crippen molar-refractivity contribution in [3.63, 3.8) is 0 Å². The van der Waals surface area contributed by atoms with Crippen LogP contribution in [0.15, 0.2) is 42.0 Å². The van der Waals surface area contributed by atoms with Crippen LogP contribution in [0.5, 0.6) is 0 Å². The molecule has 1 unspecified atom stereocenters. The molecule has 1 N–H and O–H groups in total. The largest absolute Gasteiger partial charge is 0.299 e. The molecule has 1 saturated carbocycles. The number of anilines is 1. The van der Waals surface area contributed by atoms with Crippen LogP contribution < -0.4 is 4.72 Å². The van der Waals surface area contributed by atoms with Gasteiger partial charge in [-0.2, -0.15) is 0 Å². The molecule has 2 aromatic heterocycles. The van der Waals surface area contributed by atoms with Gasteiger partial charge < -0.3 is 0 Å². The number of sulfonamides is 1. The summed E-state index contributed by atoms with van der Waals surface area (Å²) in [5.74, 6) is 2.12. The molecule has 1 aliphatic carbocycles. The molecule has 0 amide bonds.